The van der Waals surface area contributed by atoms with Crippen molar-refractivity contribution in [3.05, 3.63) is 0 Å². The molecule has 0 aromatic rings. The molecule has 1 aliphatic rings. The molecule has 0 radical (unpaired) electrons. The van der Waals surface area contributed by atoms with E-state index in [2.05, 4.69) is 0 Å². The first-order valence-corrected chi connectivity index (χ1v) is 4.83. The van der Waals surface area contributed by atoms with Crippen molar-refractivity contribution < 1.29 is 0 Å². The lowest BCUT2D eigenvalue weighted by Gasteiger charge is -2.36. The molecule has 0 unspecified atom stereocenters. The van der Waals surface area contributed by atoms with Crippen molar-refractivity contribution >= 4 is 0 Å². The normalized spacial score (nSPS) is 17.4. The van der Waals surface area contributed by atoms with Crippen molar-refractivity contribution in [2.24, 2.45) is 0 Å². The molecule has 0 aromatic carbocycles. The van der Waals surface area contributed by atoms with Crippen molar-refractivity contribution in [2.75, 3.05) is 19.8 Å². The van der Waals surface area contributed by atoms with Crippen LogP contribution in [0.1, 0.15) is 6.42 Å². The van der Waals surface area contributed by atoms with E-state index in [0.29, 0.717) is 19.8 Å². The van der Waals surface area contributed by atoms with Gasteiger partial charge in [0.25, 0.3) is 0 Å². The minimum Gasteiger partial charge on any atom is -0.263 e. The van der Waals surface area contributed by atoms with Gasteiger partial charge in [-0.3, -0.25) is 9.80 Å². The lowest BCUT2D eigenvalue weighted by atomic mass is 10.2. The minimum atomic E-state index is -0.805. The summed E-state index contributed by atoms with van der Waals surface area (Å²) in [6, 6.07) is 5.95. The Morgan fingerprint density at radius 3 is 1.44 bits per heavy atom. The van der Waals surface area contributed by atoms with Crippen LogP contribution in [-0.2, 0) is 0 Å². The Morgan fingerprint density at radius 1 is 0.750 bits per heavy atom. The fraction of sp³-hybridized carbons (Fsp3) is 0.600. The summed E-state index contributed by atoms with van der Waals surface area (Å²) in [5, 5.41) is 35.0. The molecule has 0 aliphatic carbocycles. The van der Waals surface area contributed by atoms with Crippen LogP contribution in [0, 0.1) is 45.3 Å². The molecule has 0 bridgehead atoms. The predicted molar refractivity (Wildman–Crippen MR) is 52.9 cm³/mol. The van der Waals surface area contributed by atoms with Crippen LogP contribution in [0.2, 0.25) is 0 Å². The fourth-order valence-electron chi connectivity index (χ4n) is 1.66. The van der Waals surface area contributed by atoms with Gasteiger partial charge in [-0.25, -0.2) is 0 Å². The maximum atomic E-state index is 8.75. The molecule has 6 heteroatoms. The SMILES string of the molecule is N#CC(C#N)N1CCCN(C(C#N)C#N)C1. The Labute approximate surface area is 94.1 Å². The second-order valence-electron chi connectivity index (χ2n) is 3.44. The minimum absolute atomic E-state index is 0.317. The highest BCUT2D eigenvalue weighted by Crippen LogP contribution is 2.11. The molecular formula is C10H10N6. The van der Waals surface area contributed by atoms with Crippen LogP contribution in [0.3, 0.4) is 0 Å². The van der Waals surface area contributed by atoms with E-state index in [1.165, 1.54) is 0 Å². The quantitative estimate of drug-likeness (QED) is 0.629. The van der Waals surface area contributed by atoms with Crippen molar-refractivity contribution in [2.45, 2.75) is 18.5 Å². The second kappa shape index (κ2) is 5.69. The Bertz CT molecular complexity index is 337. The number of nitrogens with zero attached hydrogens (tertiary/aromatic N) is 6. The highest BCUT2D eigenvalue weighted by atomic mass is 15.4. The first-order chi connectivity index (χ1) is 7.76. The zero-order valence-corrected chi connectivity index (χ0v) is 8.67. The van der Waals surface area contributed by atoms with Gasteiger partial charge in [-0.1, -0.05) is 0 Å². The van der Waals surface area contributed by atoms with Crippen LogP contribution >= 0.6 is 0 Å². The van der Waals surface area contributed by atoms with Crippen molar-refractivity contribution in [3.63, 3.8) is 0 Å². The molecule has 0 amide bonds. The average Bonchev–Trinajstić information content (AvgIpc) is 2.33. The standard InChI is InChI=1S/C10H10N6/c11-4-9(5-12)15-2-1-3-16(8-15)10(6-13)7-14/h9-10H,1-3,8H2. The van der Waals surface area contributed by atoms with Crippen LogP contribution in [0.15, 0.2) is 0 Å². The van der Waals surface area contributed by atoms with Gasteiger partial charge in [0.15, 0.2) is 12.1 Å². The predicted octanol–water partition coefficient (Wildman–Crippen LogP) is -0.217. The van der Waals surface area contributed by atoms with Gasteiger partial charge in [0.05, 0.1) is 30.9 Å². The van der Waals surface area contributed by atoms with E-state index in [-0.39, 0.29) is 0 Å². The summed E-state index contributed by atoms with van der Waals surface area (Å²) in [5.74, 6) is 0. The van der Waals surface area contributed by atoms with Crippen LogP contribution < -0.4 is 0 Å². The Balaban J connectivity index is 2.69. The van der Waals surface area contributed by atoms with E-state index >= 15 is 0 Å². The van der Waals surface area contributed by atoms with Crippen LogP contribution in [-0.4, -0.2) is 41.6 Å². The van der Waals surface area contributed by atoms with Gasteiger partial charge in [0.2, 0.25) is 0 Å². The third-order valence-corrected chi connectivity index (χ3v) is 2.47. The lowest BCUT2D eigenvalue weighted by Crippen LogP contribution is -2.51. The summed E-state index contributed by atoms with van der Waals surface area (Å²) in [6.07, 6.45) is 0.750. The maximum Gasteiger partial charge on any atom is 0.187 e. The molecule has 16 heavy (non-hydrogen) atoms. The number of hydrogen-bond acceptors (Lipinski definition) is 6. The van der Waals surface area contributed by atoms with Crippen LogP contribution in [0.5, 0.6) is 0 Å². The molecule has 80 valence electrons. The highest BCUT2D eigenvalue weighted by molar-refractivity contribution is 5.11. The Kier molecular flexibility index (Phi) is 4.25. The first-order valence-electron chi connectivity index (χ1n) is 4.83. The number of nitriles is 4. The summed E-state index contributed by atoms with van der Waals surface area (Å²) < 4.78 is 0. The molecule has 0 saturated carbocycles. The van der Waals surface area contributed by atoms with Gasteiger partial charge >= 0.3 is 0 Å². The van der Waals surface area contributed by atoms with Gasteiger partial charge in [-0.15, -0.1) is 0 Å². The second-order valence-corrected chi connectivity index (χ2v) is 3.44. The Hall–Kier alpha value is -2.12. The zero-order valence-electron chi connectivity index (χ0n) is 8.67. The molecule has 1 rings (SSSR count). The topological polar surface area (TPSA) is 102 Å². The van der Waals surface area contributed by atoms with Crippen molar-refractivity contribution in [3.8, 4) is 24.3 Å². The van der Waals surface area contributed by atoms with E-state index in [1.54, 1.807) is 9.80 Å². The first kappa shape index (κ1) is 12.0. The van der Waals surface area contributed by atoms with Crippen LogP contribution in [0.4, 0.5) is 0 Å². The highest BCUT2D eigenvalue weighted by Gasteiger charge is 2.28. The van der Waals surface area contributed by atoms with E-state index in [4.69, 9.17) is 21.0 Å². The summed E-state index contributed by atoms with van der Waals surface area (Å²) in [4.78, 5) is 3.34. The molecule has 0 atom stereocenters. The summed E-state index contributed by atoms with van der Waals surface area (Å²) in [7, 11) is 0. The largest absolute Gasteiger partial charge is 0.263 e. The van der Waals surface area contributed by atoms with Gasteiger partial charge in [-0.05, 0) is 6.42 Å². The van der Waals surface area contributed by atoms with Gasteiger partial charge in [-0.2, -0.15) is 21.0 Å². The monoisotopic (exact) mass is 214 g/mol. The fourth-order valence-corrected chi connectivity index (χ4v) is 1.66. The van der Waals surface area contributed by atoms with Gasteiger partial charge in [0, 0.05) is 13.1 Å². The number of hydrogen-bond donors (Lipinski definition) is 0. The molecule has 1 aliphatic heterocycles. The smallest absolute Gasteiger partial charge is 0.187 e. The summed E-state index contributed by atoms with van der Waals surface area (Å²) >= 11 is 0. The van der Waals surface area contributed by atoms with Crippen LogP contribution in [0.25, 0.3) is 0 Å². The molecule has 0 spiro atoms. The third kappa shape index (κ3) is 2.47. The molecule has 1 saturated heterocycles. The van der Waals surface area contributed by atoms with Crippen molar-refractivity contribution in [1.82, 2.24) is 9.80 Å². The maximum absolute atomic E-state index is 8.75. The van der Waals surface area contributed by atoms with E-state index in [0.717, 1.165) is 6.42 Å². The summed E-state index contributed by atoms with van der Waals surface area (Å²) in [5.41, 5.74) is 0. The van der Waals surface area contributed by atoms with E-state index in [1.807, 2.05) is 24.3 Å². The van der Waals surface area contributed by atoms with Crippen molar-refractivity contribution in [1.29, 1.82) is 21.0 Å². The third-order valence-electron chi connectivity index (χ3n) is 2.47. The number of rotatable bonds is 2. The van der Waals surface area contributed by atoms with Gasteiger partial charge in [0.1, 0.15) is 0 Å². The molecule has 0 aromatic heterocycles. The lowest BCUT2D eigenvalue weighted by molar-refractivity contribution is 0.0773. The van der Waals surface area contributed by atoms with E-state index < -0.39 is 12.1 Å². The molecule has 1 fully saturated rings. The molecule has 0 N–H and O–H groups in total. The zero-order chi connectivity index (χ0) is 12.0. The van der Waals surface area contributed by atoms with E-state index in [9.17, 15) is 0 Å². The summed E-state index contributed by atoms with van der Waals surface area (Å²) in [6.45, 7) is 1.61. The molecular weight excluding hydrogens is 204 g/mol. The average molecular weight is 214 g/mol. The van der Waals surface area contributed by atoms with Gasteiger partial charge < -0.3 is 0 Å². The Morgan fingerprint density at radius 2 is 1.12 bits per heavy atom. The molecule has 6 nitrogen and oxygen atoms in total. The molecule has 1 heterocycles.